The van der Waals surface area contributed by atoms with E-state index in [2.05, 4.69) is 36.4 Å². The van der Waals surface area contributed by atoms with Gasteiger partial charge in [0.15, 0.2) is 0 Å². The lowest BCUT2D eigenvalue weighted by Gasteiger charge is -1.98. The molecule has 4 nitrogen and oxygen atoms in total. The first-order valence-corrected chi connectivity index (χ1v) is 5.91. The molecule has 0 aromatic carbocycles. The average Bonchev–Trinajstić information content (AvgIpc) is 2.69. The van der Waals surface area contributed by atoms with Crippen LogP contribution < -0.4 is 5.32 Å². The van der Waals surface area contributed by atoms with Crippen molar-refractivity contribution >= 4 is 15.9 Å². The Hall–Kier alpha value is -1.20. The van der Waals surface area contributed by atoms with Gasteiger partial charge in [-0.1, -0.05) is 6.07 Å². The molecule has 2 heterocycles. The zero-order chi connectivity index (χ0) is 11.4. The van der Waals surface area contributed by atoms with Gasteiger partial charge in [0.2, 0.25) is 0 Å². The number of H-pyrrole nitrogens is 1. The van der Waals surface area contributed by atoms with Gasteiger partial charge in [-0.25, -0.2) is 0 Å². The molecule has 0 aliphatic rings. The standard InChI is InChI=1S/C11H13BrN4/c1-13-7-5-8-10(12)11(16-15-8)9-4-2-3-6-14-9/h2-4,6,13H,5,7H2,1H3,(H,15,16). The Morgan fingerprint density at radius 1 is 1.44 bits per heavy atom. The molecule has 0 saturated heterocycles. The van der Waals surface area contributed by atoms with Crippen LogP contribution in [-0.4, -0.2) is 28.8 Å². The summed E-state index contributed by atoms with van der Waals surface area (Å²) < 4.78 is 1.00. The number of halogens is 1. The summed E-state index contributed by atoms with van der Waals surface area (Å²) in [6.07, 6.45) is 2.68. The molecule has 0 aliphatic heterocycles. The SMILES string of the molecule is CNCCc1[nH]nc(-c2ccccn2)c1Br. The van der Waals surface area contributed by atoms with Crippen LogP contribution in [0.1, 0.15) is 5.69 Å². The number of aromatic nitrogens is 3. The van der Waals surface area contributed by atoms with E-state index in [1.54, 1.807) is 6.20 Å². The van der Waals surface area contributed by atoms with Crippen LogP contribution in [0.4, 0.5) is 0 Å². The Morgan fingerprint density at radius 2 is 2.31 bits per heavy atom. The predicted octanol–water partition coefficient (Wildman–Crippen LogP) is 2.00. The number of nitrogens with zero attached hydrogens (tertiary/aromatic N) is 2. The third kappa shape index (κ3) is 2.31. The van der Waals surface area contributed by atoms with Crippen molar-refractivity contribution in [3.05, 3.63) is 34.6 Å². The van der Waals surface area contributed by atoms with Crippen molar-refractivity contribution in [1.29, 1.82) is 0 Å². The Labute approximate surface area is 103 Å². The summed E-state index contributed by atoms with van der Waals surface area (Å²) in [5, 5.41) is 10.4. The first-order chi connectivity index (χ1) is 7.83. The summed E-state index contributed by atoms with van der Waals surface area (Å²) in [4.78, 5) is 4.28. The van der Waals surface area contributed by atoms with Gasteiger partial charge in [0.25, 0.3) is 0 Å². The number of hydrogen-bond donors (Lipinski definition) is 2. The Morgan fingerprint density at radius 3 is 3.00 bits per heavy atom. The molecular formula is C11H13BrN4. The molecule has 2 aromatic heterocycles. The smallest absolute Gasteiger partial charge is 0.125 e. The quantitative estimate of drug-likeness (QED) is 0.901. The molecule has 2 N–H and O–H groups in total. The Kier molecular flexibility index (Phi) is 3.69. The molecule has 2 aromatic rings. The molecule has 16 heavy (non-hydrogen) atoms. The molecule has 0 radical (unpaired) electrons. The van der Waals surface area contributed by atoms with E-state index in [1.165, 1.54) is 0 Å². The summed E-state index contributed by atoms with van der Waals surface area (Å²) in [5.41, 5.74) is 2.84. The van der Waals surface area contributed by atoms with Gasteiger partial charge in [0.1, 0.15) is 5.69 Å². The highest BCUT2D eigenvalue weighted by molar-refractivity contribution is 9.10. The van der Waals surface area contributed by atoms with E-state index < -0.39 is 0 Å². The Balaban J connectivity index is 2.27. The summed E-state index contributed by atoms with van der Waals surface area (Å²) >= 11 is 3.56. The lowest BCUT2D eigenvalue weighted by atomic mass is 10.2. The number of nitrogens with one attached hydrogen (secondary N) is 2. The third-order valence-corrected chi connectivity index (χ3v) is 3.16. The summed E-state index contributed by atoms with van der Waals surface area (Å²) in [6.45, 7) is 0.919. The molecule has 0 amide bonds. The van der Waals surface area contributed by atoms with Gasteiger partial charge in [-0.15, -0.1) is 0 Å². The van der Waals surface area contributed by atoms with Gasteiger partial charge in [-0.05, 0) is 35.1 Å². The second-order valence-corrected chi connectivity index (χ2v) is 4.23. The maximum absolute atomic E-state index is 4.28. The normalized spacial score (nSPS) is 10.6. The number of aromatic amines is 1. The molecule has 0 fully saturated rings. The highest BCUT2D eigenvalue weighted by atomic mass is 79.9. The number of likely N-dealkylation sites (N-methyl/N-ethyl adjacent to an activating group) is 1. The fourth-order valence-corrected chi connectivity index (χ4v) is 2.03. The number of rotatable bonds is 4. The first kappa shape index (κ1) is 11.3. The van der Waals surface area contributed by atoms with E-state index in [-0.39, 0.29) is 0 Å². The number of pyridine rings is 1. The van der Waals surface area contributed by atoms with Gasteiger partial charge in [-0.2, -0.15) is 5.10 Å². The van der Waals surface area contributed by atoms with Crippen molar-refractivity contribution < 1.29 is 0 Å². The summed E-state index contributed by atoms with van der Waals surface area (Å²) in [7, 11) is 1.93. The molecule has 0 spiro atoms. The maximum Gasteiger partial charge on any atom is 0.125 e. The fraction of sp³-hybridized carbons (Fsp3) is 0.273. The van der Waals surface area contributed by atoms with E-state index in [9.17, 15) is 0 Å². The molecule has 5 heteroatoms. The van der Waals surface area contributed by atoms with Gasteiger partial charge in [0.05, 0.1) is 15.9 Å². The van der Waals surface area contributed by atoms with Crippen LogP contribution in [0.25, 0.3) is 11.4 Å². The van der Waals surface area contributed by atoms with Gasteiger partial charge < -0.3 is 5.32 Å². The van der Waals surface area contributed by atoms with Crippen LogP contribution in [0.3, 0.4) is 0 Å². The van der Waals surface area contributed by atoms with Crippen molar-refractivity contribution in [3.8, 4) is 11.4 Å². The molecule has 84 valence electrons. The molecule has 0 bridgehead atoms. The molecule has 0 aliphatic carbocycles. The Bertz CT molecular complexity index is 452. The van der Waals surface area contributed by atoms with Crippen molar-refractivity contribution in [2.24, 2.45) is 0 Å². The summed E-state index contributed by atoms with van der Waals surface area (Å²) in [6, 6.07) is 5.80. The lowest BCUT2D eigenvalue weighted by Crippen LogP contribution is -2.10. The van der Waals surface area contributed by atoms with Gasteiger partial charge in [-0.3, -0.25) is 10.1 Å². The van der Waals surface area contributed by atoms with Crippen LogP contribution >= 0.6 is 15.9 Å². The molecule has 0 unspecified atom stereocenters. The van der Waals surface area contributed by atoms with E-state index in [4.69, 9.17) is 0 Å². The lowest BCUT2D eigenvalue weighted by molar-refractivity contribution is 0.770. The van der Waals surface area contributed by atoms with Crippen molar-refractivity contribution in [1.82, 2.24) is 20.5 Å². The summed E-state index contributed by atoms with van der Waals surface area (Å²) in [5.74, 6) is 0. The third-order valence-electron chi connectivity index (χ3n) is 2.31. The zero-order valence-corrected chi connectivity index (χ0v) is 10.6. The van der Waals surface area contributed by atoms with Crippen molar-refractivity contribution in [2.75, 3.05) is 13.6 Å². The number of hydrogen-bond acceptors (Lipinski definition) is 3. The second-order valence-electron chi connectivity index (χ2n) is 3.43. The highest BCUT2D eigenvalue weighted by Crippen LogP contribution is 2.27. The van der Waals surface area contributed by atoms with E-state index in [0.29, 0.717) is 0 Å². The van der Waals surface area contributed by atoms with Crippen LogP contribution in [0, 0.1) is 0 Å². The minimum Gasteiger partial charge on any atom is -0.319 e. The van der Waals surface area contributed by atoms with Crippen molar-refractivity contribution in [2.45, 2.75) is 6.42 Å². The average molecular weight is 281 g/mol. The zero-order valence-electron chi connectivity index (χ0n) is 9.00. The van der Waals surface area contributed by atoms with Gasteiger partial charge >= 0.3 is 0 Å². The van der Waals surface area contributed by atoms with E-state index >= 15 is 0 Å². The fourth-order valence-electron chi connectivity index (χ4n) is 1.45. The van der Waals surface area contributed by atoms with E-state index in [1.807, 2.05) is 25.2 Å². The predicted molar refractivity (Wildman–Crippen MR) is 67.1 cm³/mol. The van der Waals surface area contributed by atoms with E-state index in [0.717, 1.165) is 34.5 Å². The van der Waals surface area contributed by atoms with Crippen molar-refractivity contribution in [3.63, 3.8) is 0 Å². The molecule has 0 atom stereocenters. The van der Waals surface area contributed by atoms with Gasteiger partial charge in [0, 0.05) is 19.2 Å². The molecule has 0 saturated carbocycles. The minimum atomic E-state index is 0.867. The van der Waals surface area contributed by atoms with Crippen LogP contribution in [-0.2, 0) is 6.42 Å². The maximum atomic E-state index is 4.28. The van der Waals surface area contributed by atoms with Crippen LogP contribution in [0.5, 0.6) is 0 Å². The topological polar surface area (TPSA) is 53.6 Å². The minimum absolute atomic E-state index is 0.867. The second kappa shape index (κ2) is 5.23. The highest BCUT2D eigenvalue weighted by Gasteiger charge is 2.12. The van der Waals surface area contributed by atoms with Crippen LogP contribution in [0.2, 0.25) is 0 Å². The molecular weight excluding hydrogens is 268 g/mol. The van der Waals surface area contributed by atoms with Crippen LogP contribution in [0.15, 0.2) is 28.9 Å². The monoisotopic (exact) mass is 280 g/mol. The largest absolute Gasteiger partial charge is 0.319 e. The first-order valence-electron chi connectivity index (χ1n) is 5.11. The molecule has 2 rings (SSSR count).